The maximum atomic E-state index is 12.3. The Morgan fingerprint density at radius 2 is 1.84 bits per heavy atom. The van der Waals surface area contributed by atoms with E-state index >= 15 is 0 Å². The zero-order valence-electron chi connectivity index (χ0n) is 13.9. The number of carbonyl (C=O) groups is 2. The van der Waals surface area contributed by atoms with E-state index < -0.39 is 17.9 Å². The highest BCUT2D eigenvalue weighted by molar-refractivity contribution is 5.89. The summed E-state index contributed by atoms with van der Waals surface area (Å²) in [6.07, 6.45) is -0.0495. The van der Waals surface area contributed by atoms with Gasteiger partial charge in [-0.2, -0.15) is 0 Å². The number of amides is 1. The van der Waals surface area contributed by atoms with Gasteiger partial charge in [0.2, 0.25) is 5.91 Å². The number of aliphatic carboxylic acids is 1. The van der Waals surface area contributed by atoms with Gasteiger partial charge in [-0.15, -0.1) is 0 Å². The standard InChI is InChI=1S/C19H18N2O4/c1-11-8-14-15(21-25-16(14)9-12(11)2)10-17(22)20-18(19(23)24)13-6-4-3-5-7-13/h3-9,18H,10H2,1-2H3,(H,20,22)(H,23,24)/t18-/m0/s1. The number of carbonyl (C=O) groups excluding carboxylic acids is 1. The number of nitrogens with zero attached hydrogens (tertiary/aromatic N) is 1. The largest absolute Gasteiger partial charge is 0.479 e. The van der Waals surface area contributed by atoms with Gasteiger partial charge < -0.3 is 14.9 Å². The van der Waals surface area contributed by atoms with E-state index in [0.29, 0.717) is 16.8 Å². The topological polar surface area (TPSA) is 92.4 Å². The first kappa shape index (κ1) is 16.7. The van der Waals surface area contributed by atoms with Gasteiger partial charge in [-0.25, -0.2) is 4.79 Å². The molecule has 25 heavy (non-hydrogen) atoms. The number of hydrogen-bond donors (Lipinski definition) is 2. The van der Waals surface area contributed by atoms with Gasteiger partial charge in [0.05, 0.1) is 6.42 Å². The highest BCUT2D eigenvalue weighted by Gasteiger charge is 2.23. The smallest absolute Gasteiger partial charge is 0.330 e. The molecule has 2 aromatic carbocycles. The first-order valence-electron chi connectivity index (χ1n) is 7.88. The molecule has 1 amide bonds. The van der Waals surface area contributed by atoms with Gasteiger partial charge in [-0.1, -0.05) is 35.5 Å². The quantitative estimate of drug-likeness (QED) is 0.746. The molecule has 3 aromatic rings. The monoisotopic (exact) mass is 338 g/mol. The first-order chi connectivity index (χ1) is 12.0. The highest BCUT2D eigenvalue weighted by Crippen LogP contribution is 2.23. The highest BCUT2D eigenvalue weighted by atomic mass is 16.5. The molecule has 0 aliphatic rings. The number of fused-ring (bicyclic) bond motifs is 1. The summed E-state index contributed by atoms with van der Waals surface area (Å²) in [6, 6.07) is 11.3. The third-order valence-corrected chi connectivity index (χ3v) is 4.17. The van der Waals surface area contributed by atoms with Crippen LogP contribution in [-0.4, -0.2) is 22.1 Å². The van der Waals surface area contributed by atoms with Crippen LogP contribution in [0.1, 0.15) is 28.4 Å². The van der Waals surface area contributed by atoms with E-state index in [-0.39, 0.29) is 6.42 Å². The lowest BCUT2D eigenvalue weighted by molar-refractivity contribution is -0.142. The van der Waals surface area contributed by atoms with Crippen molar-refractivity contribution in [2.24, 2.45) is 0 Å². The summed E-state index contributed by atoms with van der Waals surface area (Å²) in [5, 5.41) is 16.7. The van der Waals surface area contributed by atoms with Gasteiger partial charge in [-0.3, -0.25) is 4.79 Å². The summed E-state index contributed by atoms with van der Waals surface area (Å²) in [4.78, 5) is 23.8. The summed E-state index contributed by atoms with van der Waals surface area (Å²) in [6.45, 7) is 3.95. The van der Waals surface area contributed by atoms with Gasteiger partial charge in [0.15, 0.2) is 11.6 Å². The molecule has 1 aromatic heterocycles. The van der Waals surface area contributed by atoms with Crippen molar-refractivity contribution in [2.75, 3.05) is 0 Å². The second kappa shape index (κ2) is 6.76. The van der Waals surface area contributed by atoms with Crippen LogP contribution in [0.5, 0.6) is 0 Å². The Bertz CT molecular complexity index is 931. The van der Waals surface area contributed by atoms with Gasteiger partial charge in [0, 0.05) is 5.39 Å². The summed E-state index contributed by atoms with van der Waals surface area (Å²) in [5.41, 5.74) is 3.77. The number of rotatable bonds is 5. The molecule has 1 heterocycles. The molecule has 0 bridgehead atoms. The van der Waals surface area contributed by atoms with Crippen LogP contribution in [0.25, 0.3) is 11.0 Å². The Morgan fingerprint density at radius 3 is 2.52 bits per heavy atom. The van der Waals surface area contributed by atoms with Crippen LogP contribution >= 0.6 is 0 Å². The SMILES string of the molecule is Cc1cc2onc(CC(=O)N[C@H](C(=O)O)c3ccccc3)c2cc1C. The van der Waals surface area contributed by atoms with Crippen molar-refractivity contribution < 1.29 is 19.2 Å². The number of hydrogen-bond acceptors (Lipinski definition) is 4. The van der Waals surface area contributed by atoms with Crippen LogP contribution in [0.3, 0.4) is 0 Å². The Hall–Kier alpha value is -3.15. The molecular formula is C19H18N2O4. The van der Waals surface area contributed by atoms with Crippen LogP contribution < -0.4 is 5.32 Å². The molecule has 3 rings (SSSR count). The van der Waals surface area contributed by atoms with E-state index in [9.17, 15) is 14.7 Å². The van der Waals surface area contributed by atoms with Crippen molar-refractivity contribution in [1.29, 1.82) is 0 Å². The van der Waals surface area contributed by atoms with Crippen molar-refractivity contribution in [2.45, 2.75) is 26.3 Å². The molecular weight excluding hydrogens is 320 g/mol. The molecule has 1 atom stereocenters. The Morgan fingerprint density at radius 1 is 1.16 bits per heavy atom. The van der Waals surface area contributed by atoms with E-state index in [1.807, 2.05) is 26.0 Å². The normalized spacial score (nSPS) is 12.1. The summed E-state index contributed by atoms with van der Waals surface area (Å²) in [5.74, 6) is -1.54. The minimum Gasteiger partial charge on any atom is -0.479 e. The number of carboxylic acids is 1. The minimum absolute atomic E-state index is 0.0495. The van der Waals surface area contributed by atoms with Crippen LogP contribution in [0.15, 0.2) is 47.0 Å². The van der Waals surface area contributed by atoms with Crippen LogP contribution in [-0.2, 0) is 16.0 Å². The molecule has 0 spiro atoms. The molecule has 2 N–H and O–H groups in total. The second-order valence-corrected chi connectivity index (χ2v) is 5.99. The van der Waals surface area contributed by atoms with E-state index in [1.165, 1.54) is 0 Å². The molecule has 0 aliphatic heterocycles. The van der Waals surface area contributed by atoms with Crippen LogP contribution in [0.2, 0.25) is 0 Å². The third-order valence-electron chi connectivity index (χ3n) is 4.17. The second-order valence-electron chi connectivity index (χ2n) is 5.99. The fraction of sp³-hybridized carbons (Fsp3) is 0.211. The lowest BCUT2D eigenvalue weighted by Gasteiger charge is -2.14. The fourth-order valence-electron chi connectivity index (χ4n) is 2.67. The average Bonchev–Trinajstić information content (AvgIpc) is 2.95. The maximum absolute atomic E-state index is 12.3. The van der Waals surface area contributed by atoms with Crippen LogP contribution in [0, 0.1) is 13.8 Å². The van der Waals surface area contributed by atoms with Crippen molar-refractivity contribution in [3.8, 4) is 0 Å². The third kappa shape index (κ3) is 3.52. The molecule has 0 aliphatic carbocycles. The first-order valence-corrected chi connectivity index (χ1v) is 7.88. The Labute approximate surface area is 144 Å². The number of aryl methyl sites for hydroxylation is 2. The molecule has 0 fully saturated rings. The lowest BCUT2D eigenvalue weighted by atomic mass is 10.0. The van der Waals surface area contributed by atoms with Crippen molar-refractivity contribution in [1.82, 2.24) is 10.5 Å². The van der Waals surface area contributed by atoms with E-state index in [4.69, 9.17) is 4.52 Å². The number of carboxylic acid groups (broad SMARTS) is 1. The number of benzene rings is 2. The molecule has 0 unspecified atom stereocenters. The minimum atomic E-state index is -1.11. The van der Waals surface area contributed by atoms with Gasteiger partial charge in [0.25, 0.3) is 0 Å². The molecule has 0 radical (unpaired) electrons. The maximum Gasteiger partial charge on any atom is 0.330 e. The molecule has 0 saturated heterocycles. The summed E-state index contributed by atoms with van der Waals surface area (Å²) < 4.78 is 5.28. The molecule has 6 heteroatoms. The van der Waals surface area contributed by atoms with Crippen molar-refractivity contribution in [3.05, 3.63) is 64.8 Å². The number of aromatic nitrogens is 1. The summed E-state index contributed by atoms with van der Waals surface area (Å²) >= 11 is 0. The fourth-order valence-corrected chi connectivity index (χ4v) is 2.67. The number of nitrogens with one attached hydrogen (secondary N) is 1. The molecule has 128 valence electrons. The predicted octanol–water partition coefficient (Wildman–Crippen LogP) is 2.93. The van der Waals surface area contributed by atoms with E-state index in [2.05, 4.69) is 10.5 Å². The molecule has 6 nitrogen and oxygen atoms in total. The van der Waals surface area contributed by atoms with Crippen molar-refractivity contribution >= 4 is 22.8 Å². The lowest BCUT2D eigenvalue weighted by Crippen LogP contribution is -2.34. The Balaban J connectivity index is 1.80. The van der Waals surface area contributed by atoms with Crippen LogP contribution in [0.4, 0.5) is 0 Å². The van der Waals surface area contributed by atoms with E-state index in [1.54, 1.807) is 30.3 Å². The Kier molecular flexibility index (Phi) is 4.52. The van der Waals surface area contributed by atoms with Gasteiger partial charge >= 0.3 is 5.97 Å². The zero-order chi connectivity index (χ0) is 18.0. The molecule has 0 saturated carbocycles. The van der Waals surface area contributed by atoms with Crippen molar-refractivity contribution in [3.63, 3.8) is 0 Å². The average molecular weight is 338 g/mol. The zero-order valence-corrected chi connectivity index (χ0v) is 13.9. The van der Waals surface area contributed by atoms with E-state index in [0.717, 1.165) is 16.5 Å². The predicted molar refractivity (Wildman–Crippen MR) is 92.1 cm³/mol. The summed E-state index contributed by atoms with van der Waals surface area (Å²) in [7, 11) is 0. The van der Waals surface area contributed by atoms with Gasteiger partial charge in [-0.05, 0) is 42.7 Å². The van der Waals surface area contributed by atoms with Gasteiger partial charge in [0.1, 0.15) is 5.69 Å².